The Morgan fingerprint density at radius 2 is 0.864 bits per heavy atom. The number of hydrogen-bond donors (Lipinski definition) is 2. The minimum atomic E-state index is 0.572. The average molecular weight is 315 g/mol. The topological polar surface area (TPSA) is 30.5 Å². The molecule has 0 spiro atoms. The predicted octanol–water partition coefficient (Wildman–Crippen LogP) is 2.40. The molecular weight excluding hydrogens is 272 g/mol. The lowest BCUT2D eigenvalue weighted by molar-refractivity contribution is 0.154. The van der Waals surface area contributed by atoms with E-state index in [0.717, 1.165) is 39.3 Å². The molecule has 0 fully saturated rings. The standard InChI is InChI=1S/C18H42N4/c1-15(2)19-9-11-21(17(5)6)13-14-22(18(7)8)12-10-20-16(3)4/h15-20H,9-14H2,1-8H3. The van der Waals surface area contributed by atoms with Crippen molar-refractivity contribution in [3.8, 4) is 0 Å². The highest BCUT2D eigenvalue weighted by Crippen LogP contribution is 2.02. The molecule has 0 radical (unpaired) electrons. The van der Waals surface area contributed by atoms with Gasteiger partial charge in [-0.05, 0) is 27.7 Å². The van der Waals surface area contributed by atoms with E-state index in [-0.39, 0.29) is 0 Å². The van der Waals surface area contributed by atoms with E-state index in [4.69, 9.17) is 0 Å². The molecule has 22 heavy (non-hydrogen) atoms. The molecule has 0 bridgehead atoms. The third kappa shape index (κ3) is 11.4. The maximum absolute atomic E-state index is 3.52. The van der Waals surface area contributed by atoms with Gasteiger partial charge in [-0.15, -0.1) is 0 Å². The summed E-state index contributed by atoms with van der Waals surface area (Å²) in [6.45, 7) is 24.8. The highest BCUT2D eigenvalue weighted by Gasteiger charge is 2.14. The van der Waals surface area contributed by atoms with E-state index in [0.29, 0.717) is 24.2 Å². The second kappa shape index (κ2) is 12.3. The molecule has 0 saturated carbocycles. The first-order chi connectivity index (χ1) is 10.2. The number of rotatable bonds is 13. The van der Waals surface area contributed by atoms with Crippen molar-refractivity contribution in [3.05, 3.63) is 0 Å². The molecule has 0 rings (SSSR count). The van der Waals surface area contributed by atoms with Crippen LogP contribution in [-0.4, -0.2) is 73.2 Å². The SMILES string of the molecule is CC(C)NCCN(CCN(CCNC(C)C)C(C)C)C(C)C. The van der Waals surface area contributed by atoms with E-state index < -0.39 is 0 Å². The molecule has 0 aliphatic heterocycles. The van der Waals surface area contributed by atoms with Crippen molar-refractivity contribution in [2.45, 2.75) is 79.6 Å². The first kappa shape index (κ1) is 21.8. The van der Waals surface area contributed by atoms with Gasteiger partial charge in [-0.3, -0.25) is 9.80 Å². The number of nitrogens with one attached hydrogen (secondary N) is 2. The summed E-state index contributed by atoms with van der Waals surface area (Å²) in [6.07, 6.45) is 0. The summed E-state index contributed by atoms with van der Waals surface area (Å²) in [6, 6.07) is 2.36. The number of nitrogens with zero attached hydrogens (tertiary/aromatic N) is 2. The van der Waals surface area contributed by atoms with Crippen LogP contribution in [-0.2, 0) is 0 Å². The predicted molar refractivity (Wildman–Crippen MR) is 99.7 cm³/mol. The Kier molecular flexibility index (Phi) is 12.2. The van der Waals surface area contributed by atoms with E-state index in [1.807, 2.05) is 0 Å². The van der Waals surface area contributed by atoms with Crippen LogP contribution in [0.1, 0.15) is 55.4 Å². The first-order valence-electron chi connectivity index (χ1n) is 9.18. The molecule has 0 unspecified atom stereocenters. The molecule has 4 nitrogen and oxygen atoms in total. The lowest BCUT2D eigenvalue weighted by atomic mass is 10.2. The summed E-state index contributed by atoms with van der Waals surface area (Å²) in [5.41, 5.74) is 0. The van der Waals surface area contributed by atoms with Crippen molar-refractivity contribution >= 4 is 0 Å². The van der Waals surface area contributed by atoms with E-state index in [9.17, 15) is 0 Å². The van der Waals surface area contributed by atoms with Gasteiger partial charge in [0.1, 0.15) is 0 Å². The van der Waals surface area contributed by atoms with Crippen molar-refractivity contribution in [1.82, 2.24) is 20.4 Å². The van der Waals surface area contributed by atoms with Gasteiger partial charge in [0.25, 0.3) is 0 Å². The van der Waals surface area contributed by atoms with Gasteiger partial charge in [0.2, 0.25) is 0 Å². The molecule has 0 aromatic rings. The molecule has 0 aliphatic carbocycles. The summed E-state index contributed by atoms with van der Waals surface area (Å²) in [5, 5.41) is 7.05. The van der Waals surface area contributed by atoms with Crippen molar-refractivity contribution < 1.29 is 0 Å². The maximum Gasteiger partial charge on any atom is 0.0113 e. The maximum atomic E-state index is 3.52. The van der Waals surface area contributed by atoms with Crippen LogP contribution in [0, 0.1) is 0 Å². The Labute approximate surface area is 140 Å². The smallest absolute Gasteiger partial charge is 0.0113 e. The highest BCUT2D eigenvalue weighted by atomic mass is 15.2. The summed E-state index contributed by atoms with van der Waals surface area (Å²) in [5.74, 6) is 0. The van der Waals surface area contributed by atoms with Gasteiger partial charge in [0, 0.05) is 63.4 Å². The van der Waals surface area contributed by atoms with E-state index in [1.165, 1.54) is 0 Å². The van der Waals surface area contributed by atoms with Gasteiger partial charge in [-0.1, -0.05) is 27.7 Å². The second-order valence-corrected chi connectivity index (χ2v) is 7.48. The molecule has 0 aliphatic rings. The van der Waals surface area contributed by atoms with Crippen LogP contribution in [0.4, 0.5) is 0 Å². The Hall–Kier alpha value is -0.160. The molecule has 4 heteroatoms. The van der Waals surface area contributed by atoms with Crippen LogP contribution in [0.5, 0.6) is 0 Å². The Balaban J connectivity index is 4.20. The van der Waals surface area contributed by atoms with Crippen LogP contribution in [0.25, 0.3) is 0 Å². The quantitative estimate of drug-likeness (QED) is 0.546. The van der Waals surface area contributed by atoms with E-state index in [2.05, 4.69) is 75.8 Å². The zero-order chi connectivity index (χ0) is 17.1. The Bertz CT molecular complexity index is 225. The van der Waals surface area contributed by atoms with Crippen LogP contribution in [0.15, 0.2) is 0 Å². The summed E-state index contributed by atoms with van der Waals surface area (Å²) < 4.78 is 0. The van der Waals surface area contributed by atoms with Gasteiger partial charge in [-0.25, -0.2) is 0 Å². The zero-order valence-corrected chi connectivity index (χ0v) is 16.4. The zero-order valence-electron chi connectivity index (χ0n) is 16.4. The minimum absolute atomic E-state index is 0.572. The van der Waals surface area contributed by atoms with Gasteiger partial charge in [0.15, 0.2) is 0 Å². The minimum Gasteiger partial charge on any atom is -0.313 e. The van der Waals surface area contributed by atoms with Crippen molar-refractivity contribution in [1.29, 1.82) is 0 Å². The summed E-state index contributed by atoms with van der Waals surface area (Å²) in [4.78, 5) is 5.17. The summed E-state index contributed by atoms with van der Waals surface area (Å²) in [7, 11) is 0. The van der Waals surface area contributed by atoms with Crippen molar-refractivity contribution in [3.63, 3.8) is 0 Å². The Morgan fingerprint density at radius 3 is 1.09 bits per heavy atom. The number of hydrogen-bond acceptors (Lipinski definition) is 4. The lowest BCUT2D eigenvalue weighted by Gasteiger charge is -2.32. The molecule has 0 amide bonds. The molecule has 0 aromatic carbocycles. The van der Waals surface area contributed by atoms with E-state index in [1.54, 1.807) is 0 Å². The molecule has 2 N–H and O–H groups in total. The van der Waals surface area contributed by atoms with E-state index >= 15 is 0 Å². The lowest BCUT2D eigenvalue weighted by Crippen LogP contribution is -2.46. The first-order valence-corrected chi connectivity index (χ1v) is 9.18. The molecule has 134 valence electrons. The third-order valence-corrected chi connectivity index (χ3v) is 4.04. The fourth-order valence-corrected chi connectivity index (χ4v) is 2.51. The molecule has 0 heterocycles. The molecule has 0 saturated heterocycles. The van der Waals surface area contributed by atoms with Crippen molar-refractivity contribution in [2.24, 2.45) is 0 Å². The monoisotopic (exact) mass is 314 g/mol. The van der Waals surface area contributed by atoms with Gasteiger partial charge in [0.05, 0.1) is 0 Å². The highest BCUT2D eigenvalue weighted by molar-refractivity contribution is 4.71. The van der Waals surface area contributed by atoms with Crippen LogP contribution >= 0.6 is 0 Å². The second-order valence-electron chi connectivity index (χ2n) is 7.48. The molecular formula is C18H42N4. The van der Waals surface area contributed by atoms with Crippen molar-refractivity contribution in [2.75, 3.05) is 39.3 Å². The third-order valence-electron chi connectivity index (χ3n) is 4.04. The Morgan fingerprint density at radius 1 is 0.545 bits per heavy atom. The fourth-order valence-electron chi connectivity index (χ4n) is 2.51. The fraction of sp³-hybridized carbons (Fsp3) is 1.00. The van der Waals surface area contributed by atoms with Gasteiger partial charge >= 0.3 is 0 Å². The van der Waals surface area contributed by atoms with Gasteiger partial charge in [-0.2, -0.15) is 0 Å². The normalized spacial score (nSPS) is 12.8. The average Bonchev–Trinajstić information content (AvgIpc) is 2.38. The van der Waals surface area contributed by atoms with Crippen LogP contribution in [0.2, 0.25) is 0 Å². The van der Waals surface area contributed by atoms with Crippen LogP contribution in [0.3, 0.4) is 0 Å². The summed E-state index contributed by atoms with van der Waals surface area (Å²) >= 11 is 0. The molecule has 0 atom stereocenters. The van der Waals surface area contributed by atoms with Crippen LogP contribution < -0.4 is 10.6 Å². The van der Waals surface area contributed by atoms with Gasteiger partial charge < -0.3 is 10.6 Å². The largest absolute Gasteiger partial charge is 0.313 e. The molecule has 0 aromatic heterocycles.